The third-order valence-corrected chi connectivity index (χ3v) is 14.8. The van der Waals surface area contributed by atoms with Gasteiger partial charge in [0.25, 0.3) is 0 Å². The number of amides is 1. The van der Waals surface area contributed by atoms with Crippen LogP contribution in [0.2, 0.25) is 0 Å². The van der Waals surface area contributed by atoms with Crippen molar-refractivity contribution >= 4 is 11.9 Å². The highest BCUT2D eigenvalue weighted by Gasteiger charge is 2.20. The molecule has 0 aromatic heterocycles. The summed E-state index contributed by atoms with van der Waals surface area (Å²) in [7, 11) is 0. The third kappa shape index (κ3) is 55.7. The highest BCUT2D eigenvalue weighted by atomic mass is 16.5. The molecule has 6 nitrogen and oxygen atoms in total. The smallest absolute Gasteiger partial charge is 0.305 e. The monoisotopic (exact) mass is 986 g/mol. The minimum Gasteiger partial charge on any atom is -0.466 e. The number of nitrogens with one attached hydrogen (secondary N) is 1. The van der Waals surface area contributed by atoms with Crippen molar-refractivity contribution in [1.82, 2.24) is 5.32 Å². The summed E-state index contributed by atoms with van der Waals surface area (Å²) in [5.74, 6) is -0.0369. The molecule has 0 fully saturated rings. The molecule has 0 saturated carbocycles. The van der Waals surface area contributed by atoms with E-state index < -0.39 is 12.1 Å². The molecular weight excluding hydrogens is 863 g/mol. The summed E-state index contributed by atoms with van der Waals surface area (Å²) in [6.45, 7) is 4.94. The number of hydrogen-bond acceptors (Lipinski definition) is 5. The van der Waals surface area contributed by atoms with Gasteiger partial charge in [-0.2, -0.15) is 0 Å². The second-order valence-electron chi connectivity index (χ2n) is 21.7. The van der Waals surface area contributed by atoms with Gasteiger partial charge >= 0.3 is 5.97 Å². The summed E-state index contributed by atoms with van der Waals surface area (Å²) in [4.78, 5) is 24.6. The first-order chi connectivity index (χ1) is 34.5. The van der Waals surface area contributed by atoms with Crippen molar-refractivity contribution < 1.29 is 24.5 Å². The van der Waals surface area contributed by atoms with E-state index in [1.807, 2.05) is 0 Å². The molecule has 0 heterocycles. The molecule has 0 aromatic rings. The second kappa shape index (κ2) is 59.9. The molecule has 70 heavy (non-hydrogen) atoms. The van der Waals surface area contributed by atoms with Gasteiger partial charge in [-0.05, 0) is 57.8 Å². The Morgan fingerprint density at radius 1 is 0.400 bits per heavy atom. The molecule has 2 unspecified atom stereocenters. The number of aliphatic hydroxyl groups excluding tert-OH is 2. The fourth-order valence-corrected chi connectivity index (χ4v) is 9.91. The Labute approximate surface area is 437 Å². The van der Waals surface area contributed by atoms with E-state index in [0.29, 0.717) is 25.9 Å². The summed E-state index contributed by atoms with van der Waals surface area (Å²) >= 11 is 0. The van der Waals surface area contributed by atoms with Gasteiger partial charge in [-0.25, -0.2) is 0 Å². The topological polar surface area (TPSA) is 95.9 Å². The fourth-order valence-electron chi connectivity index (χ4n) is 9.91. The Kier molecular flexibility index (Phi) is 58.5. The number of hydrogen-bond donors (Lipinski definition) is 3. The lowest BCUT2D eigenvalue weighted by molar-refractivity contribution is -0.143. The van der Waals surface area contributed by atoms with Crippen LogP contribution in [0.4, 0.5) is 0 Å². The Bertz CT molecular complexity index is 1090. The molecule has 2 atom stereocenters. The normalized spacial score (nSPS) is 12.7. The Hall–Kier alpha value is -1.66. The maximum atomic E-state index is 12.5. The van der Waals surface area contributed by atoms with Crippen molar-refractivity contribution in [1.29, 1.82) is 0 Å². The number of esters is 1. The van der Waals surface area contributed by atoms with Crippen LogP contribution in [0.3, 0.4) is 0 Å². The van der Waals surface area contributed by atoms with Crippen molar-refractivity contribution in [3.63, 3.8) is 0 Å². The van der Waals surface area contributed by atoms with E-state index in [-0.39, 0.29) is 18.5 Å². The molecule has 0 spiro atoms. The summed E-state index contributed by atoms with van der Waals surface area (Å²) in [5.41, 5.74) is 0. The molecule has 0 bridgehead atoms. The second-order valence-corrected chi connectivity index (χ2v) is 21.7. The first-order valence-electron chi connectivity index (χ1n) is 31.6. The van der Waals surface area contributed by atoms with Crippen LogP contribution in [-0.2, 0) is 14.3 Å². The number of carbonyl (C=O) groups is 2. The van der Waals surface area contributed by atoms with Crippen LogP contribution in [-0.4, -0.2) is 47.4 Å². The van der Waals surface area contributed by atoms with E-state index in [0.717, 1.165) is 51.4 Å². The third-order valence-electron chi connectivity index (χ3n) is 14.8. The van der Waals surface area contributed by atoms with Gasteiger partial charge in [-0.1, -0.05) is 301 Å². The van der Waals surface area contributed by atoms with Gasteiger partial charge in [0.2, 0.25) is 5.91 Å². The molecule has 1 amide bonds. The quantitative estimate of drug-likeness (QED) is 0.0321. The number of rotatable bonds is 59. The van der Waals surface area contributed by atoms with Crippen LogP contribution in [0.25, 0.3) is 0 Å². The van der Waals surface area contributed by atoms with Crippen molar-refractivity contribution in [2.45, 2.75) is 360 Å². The summed E-state index contributed by atoms with van der Waals surface area (Å²) in [6, 6.07) is -0.543. The van der Waals surface area contributed by atoms with Gasteiger partial charge < -0.3 is 20.3 Å². The van der Waals surface area contributed by atoms with Crippen molar-refractivity contribution in [3.8, 4) is 0 Å². The molecule has 0 aliphatic heterocycles. The molecule has 6 heteroatoms. The zero-order chi connectivity index (χ0) is 50.7. The van der Waals surface area contributed by atoms with Crippen molar-refractivity contribution in [2.75, 3.05) is 13.2 Å². The van der Waals surface area contributed by atoms with E-state index >= 15 is 0 Å². The Morgan fingerprint density at radius 3 is 1.11 bits per heavy atom. The minimum absolute atomic E-state index is 0.00278. The predicted molar refractivity (Wildman–Crippen MR) is 306 cm³/mol. The van der Waals surface area contributed by atoms with Gasteiger partial charge in [0.1, 0.15) is 0 Å². The molecule has 0 aliphatic carbocycles. The first kappa shape index (κ1) is 68.3. The SMILES string of the molecule is CCCCC/C=C\C/C=C\CCCCCCCC(=O)OCCCCCCCCCCCCCCCCCCCCCCC(=O)NC(CO)C(O)CCCCCCCCCCCCCCCCCCCC. The number of unbranched alkanes of at least 4 members (excludes halogenated alkanes) is 44. The Balaban J connectivity index is 3.40. The van der Waals surface area contributed by atoms with E-state index in [4.69, 9.17) is 4.74 Å². The molecule has 0 rings (SSSR count). The summed E-state index contributed by atoms with van der Waals surface area (Å²) in [5, 5.41) is 23.3. The molecular formula is C64H123NO5. The predicted octanol–water partition coefficient (Wildman–Crippen LogP) is 19.8. The lowest BCUT2D eigenvalue weighted by Crippen LogP contribution is -2.45. The van der Waals surface area contributed by atoms with E-state index in [2.05, 4.69) is 43.5 Å². The molecule has 3 N–H and O–H groups in total. The number of ether oxygens (including phenoxy) is 1. The number of allylic oxidation sites excluding steroid dienone is 4. The minimum atomic E-state index is -0.666. The van der Waals surface area contributed by atoms with Crippen molar-refractivity contribution in [2.24, 2.45) is 0 Å². The fraction of sp³-hybridized carbons (Fsp3) is 0.906. The maximum absolute atomic E-state index is 12.5. The van der Waals surface area contributed by atoms with Gasteiger partial charge in [0.05, 0.1) is 25.4 Å². The maximum Gasteiger partial charge on any atom is 0.305 e. The van der Waals surface area contributed by atoms with Crippen LogP contribution in [0.1, 0.15) is 348 Å². The lowest BCUT2D eigenvalue weighted by atomic mass is 10.0. The zero-order valence-corrected chi connectivity index (χ0v) is 47.3. The van der Waals surface area contributed by atoms with Gasteiger partial charge in [-0.3, -0.25) is 9.59 Å². The Morgan fingerprint density at radius 2 is 0.714 bits per heavy atom. The van der Waals surface area contributed by atoms with E-state index in [1.165, 1.54) is 263 Å². The van der Waals surface area contributed by atoms with Crippen LogP contribution in [0.5, 0.6) is 0 Å². The van der Waals surface area contributed by atoms with Gasteiger partial charge in [0.15, 0.2) is 0 Å². The first-order valence-corrected chi connectivity index (χ1v) is 31.6. The van der Waals surface area contributed by atoms with Crippen LogP contribution < -0.4 is 5.32 Å². The highest BCUT2D eigenvalue weighted by Crippen LogP contribution is 2.18. The average molecular weight is 987 g/mol. The molecule has 0 aromatic carbocycles. The van der Waals surface area contributed by atoms with Crippen LogP contribution >= 0.6 is 0 Å². The number of carbonyl (C=O) groups excluding carboxylic acids is 2. The van der Waals surface area contributed by atoms with Crippen LogP contribution in [0, 0.1) is 0 Å². The zero-order valence-electron chi connectivity index (χ0n) is 47.3. The largest absolute Gasteiger partial charge is 0.466 e. The van der Waals surface area contributed by atoms with Gasteiger partial charge in [0, 0.05) is 12.8 Å². The molecule has 0 radical (unpaired) electrons. The molecule has 0 saturated heterocycles. The standard InChI is InChI=1S/C64H123NO5/c1-3-5-7-9-11-13-15-17-19-20-25-29-32-36-40-44-48-52-56-62(67)61(60-66)65-63(68)57-53-49-45-41-37-33-30-26-23-21-22-24-27-31-35-39-43-47-51-55-59-70-64(69)58-54-50-46-42-38-34-28-18-16-14-12-10-8-6-4-2/h12,14,18,28,61-62,66-67H,3-11,13,15-17,19-27,29-60H2,1-2H3,(H,65,68)/b14-12-,28-18-. The molecule has 414 valence electrons. The average Bonchev–Trinajstić information content (AvgIpc) is 3.36. The molecule has 0 aliphatic rings. The van der Waals surface area contributed by atoms with Crippen LogP contribution in [0.15, 0.2) is 24.3 Å². The summed E-state index contributed by atoms with van der Waals surface area (Å²) in [6.07, 6.45) is 73.2. The van der Waals surface area contributed by atoms with E-state index in [1.54, 1.807) is 0 Å². The highest BCUT2D eigenvalue weighted by molar-refractivity contribution is 5.76. The number of aliphatic hydroxyl groups is 2. The lowest BCUT2D eigenvalue weighted by Gasteiger charge is -2.22. The van der Waals surface area contributed by atoms with Gasteiger partial charge in [-0.15, -0.1) is 0 Å². The van der Waals surface area contributed by atoms with E-state index in [9.17, 15) is 19.8 Å². The summed E-state index contributed by atoms with van der Waals surface area (Å²) < 4.78 is 5.48. The van der Waals surface area contributed by atoms with Crippen molar-refractivity contribution in [3.05, 3.63) is 24.3 Å².